The molecular formula is C20H33N3O6. The molecule has 9 heteroatoms. The van der Waals surface area contributed by atoms with Gasteiger partial charge in [-0.25, -0.2) is 4.79 Å². The number of rotatable bonds is 6. The van der Waals surface area contributed by atoms with Gasteiger partial charge in [-0.05, 0) is 65.7 Å². The lowest BCUT2D eigenvalue weighted by Gasteiger charge is -2.18. The molecule has 164 valence electrons. The summed E-state index contributed by atoms with van der Waals surface area (Å²) in [6.07, 6.45) is 0.00624. The normalized spacial score (nSPS) is 12.9. The first-order valence-electron chi connectivity index (χ1n) is 9.03. The maximum atomic E-state index is 11.6. The van der Waals surface area contributed by atoms with Crippen LogP contribution in [-0.4, -0.2) is 48.0 Å². The van der Waals surface area contributed by atoms with Crippen molar-refractivity contribution in [2.24, 2.45) is 10.9 Å². The lowest BCUT2D eigenvalue weighted by atomic mass is 10.1. The van der Waals surface area contributed by atoms with Gasteiger partial charge in [0, 0.05) is 7.11 Å². The van der Waals surface area contributed by atoms with E-state index < -0.39 is 17.8 Å². The molecule has 0 radical (unpaired) electrons. The molecule has 0 aromatic heterocycles. The first-order valence-corrected chi connectivity index (χ1v) is 9.03. The van der Waals surface area contributed by atoms with Crippen LogP contribution in [0.1, 0.15) is 47.1 Å². The number of amidine groups is 1. The highest BCUT2D eigenvalue weighted by molar-refractivity contribution is 5.87. The van der Waals surface area contributed by atoms with Crippen molar-refractivity contribution >= 4 is 18.4 Å². The number of amides is 1. The molecule has 1 aromatic carbocycles. The Morgan fingerprint density at radius 2 is 1.69 bits per heavy atom. The second-order valence-corrected chi connectivity index (χ2v) is 8.09. The molecule has 1 atom stereocenters. The highest BCUT2D eigenvalue weighted by atomic mass is 16.7. The summed E-state index contributed by atoms with van der Waals surface area (Å²) < 4.78 is 15.0. The van der Waals surface area contributed by atoms with Gasteiger partial charge in [-0.3, -0.25) is 4.79 Å². The molecule has 0 aliphatic carbocycles. The van der Waals surface area contributed by atoms with E-state index in [1.807, 2.05) is 20.8 Å². The summed E-state index contributed by atoms with van der Waals surface area (Å²) in [5.41, 5.74) is 5.71. The van der Waals surface area contributed by atoms with Gasteiger partial charge in [0.2, 0.25) is 6.41 Å². The average Bonchev–Trinajstić information content (AvgIpc) is 2.60. The molecule has 29 heavy (non-hydrogen) atoms. The van der Waals surface area contributed by atoms with Gasteiger partial charge < -0.3 is 30.5 Å². The number of benzene rings is 1. The monoisotopic (exact) mass is 411 g/mol. The fourth-order valence-corrected chi connectivity index (χ4v) is 1.70. The third kappa shape index (κ3) is 13.1. The molecule has 4 N–H and O–H groups in total. The summed E-state index contributed by atoms with van der Waals surface area (Å²) >= 11 is 0. The van der Waals surface area contributed by atoms with E-state index in [4.69, 9.17) is 25.2 Å². The van der Waals surface area contributed by atoms with Crippen LogP contribution in [0.2, 0.25) is 0 Å². The number of hydrogen-bond acceptors (Lipinski definition) is 7. The van der Waals surface area contributed by atoms with E-state index in [9.17, 15) is 9.59 Å². The Bertz CT molecular complexity index is 660. The predicted molar refractivity (Wildman–Crippen MR) is 110 cm³/mol. The molecule has 1 unspecified atom stereocenters. The van der Waals surface area contributed by atoms with Crippen LogP contribution in [0.4, 0.5) is 4.79 Å². The fourth-order valence-electron chi connectivity index (χ4n) is 1.70. The van der Waals surface area contributed by atoms with Crippen LogP contribution in [0.5, 0.6) is 5.75 Å². The zero-order chi connectivity index (χ0) is 22.7. The summed E-state index contributed by atoms with van der Waals surface area (Å²) in [5.74, 6) is 0.220. The molecule has 1 aromatic rings. The fraction of sp³-hybridized carbons (Fsp3) is 0.550. The van der Waals surface area contributed by atoms with E-state index in [1.54, 1.807) is 52.1 Å². The summed E-state index contributed by atoms with van der Waals surface area (Å²) in [7, 11) is 1.71. The van der Waals surface area contributed by atoms with Crippen molar-refractivity contribution < 1.29 is 29.0 Å². The molecule has 0 heterocycles. The highest BCUT2D eigenvalue weighted by Gasteiger charge is 2.18. The minimum Gasteiger partial charge on any atom is -0.428 e. The van der Waals surface area contributed by atoms with Gasteiger partial charge in [0.15, 0.2) is 5.84 Å². The second-order valence-electron chi connectivity index (χ2n) is 8.09. The lowest BCUT2D eigenvalue weighted by molar-refractivity contribution is -0.109. The van der Waals surface area contributed by atoms with E-state index in [-0.39, 0.29) is 11.4 Å². The van der Waals surface area contributed by atoms with Crippen molar-refractivity contribution in [3.8, 4) is 5.75 Å². The maximum Gasteiger partial charge on any atom is 0.514 e. The Kier molecular flexibility index (Phi) is 10.7. The number of hydrogen-bond donors (Lipinski definition) is 3. The number of oxime groups is 1. The van der Waals surface area contributed by atoms with Crippen molar-refractivity contribution in [1.29, 1.82) is 0 Å². The Hall–Kier alpha value is -2.81. The number of nitrogens with two attached hydrogens (primary N) is 1. The van der Waals surface area contributed by atoms with Crippen LogP contribution < -0.4 is 15.8 Å². The van der Waals surface area contributed by atoms with E-state index in [0.29, 0.717) is 18.6 Å². The number of carbonyl (C=O) groups excluding carboxylic acids is 2. The number of carbonyl (C=O) groups is 2. The number of nitrogens with zero attached hydrogens (tertiary/aromatic N) is 1. The van der Waals surface area contributed by atoms with Gasteiger partial charge in [-0.2, -0.15) is 0 Å². The summed E-state index contributed by atoms with van der Waals surface area (Å²) in [5, 5.41) is 14.0. The smallest absolute Gasteiger partial charge is 0.428 e. The Labute approximate surface area is 172 Å². The number of ether oxygens (including phenoxy) is 3. The molecule has 0 aliphatic heterocycles. The number of methoxy groups -OCH3 is 1. The van der Waals surface area contributed by atoms with E-state index in [0.717, 1.165) is 5.56 Å². The lowest BCUT2D eigenvalue weighted by Crippen LogP contribution is -2.42. The van der Waals surface area contributed by atoms with Crippen LogP contribution in [0.25, 0.3) is 0 Å². The van der Waals surface area contributed by atoms with Crippen LogP contribution >= 0.6 is 0 Å². The van der Waals surface area contributed by atoms with Crippen LogP contribution in [0.15, 0.2) is 29.4 Å². The molecular weight excluding hydrogens is 378 g/mol. The van der Waals surface area contributed by atoms with Crippen molar-refractivity contribution in [2.75, 3.05) is 7.11 Å². The van der Waals surface area contributed by atoms with Crippen LogP contribution in [0.3, 0.4) is 0 Å². The van der Waals surface area contributed by atoms with Gasteiger partial charge in [-0.1, -0.05) is 17.3 Å². The van der Waals surface area contributed by atoms with Gasteiger partial charge in [0.25, 0.3) is 0 Å². The van der Waals surface area contributed by atoms with Gasteiger partial charge in [0.05, 0.1) is 11.6 Å². The molecule has 0 saturated carbocycles. The second kappa shape index (κ2) is 11.9. The molecule has 0 saturated heterocycles. The van der Waals surface area contributed by atoms with E-state index in [1.165, 1.54) is 0 Å². The zero-order valence-electron chi connectivity index (χ0n) is 18.2. The summed E-state index contributed by atoms with van der Waals surface area (Å²) in [4.78, 5) is 22.1. The quantitative estimate of drug-likeness (QED) is 0.125. The van der Waals surface area contributed by atoms with Gasteiger partial charge in [-0.15, -0.1) is 0 Å². The Balaban J connectivity index is 0.00000113. The van der Waals surface area contributed by atoms with Crippen LogP contribution in [0, 0.1) is 0 Å². The van der Waals surface area contributed by atoms with Crippen LogP contribution in [-0.2, 0) is 20.7 Å². The highest BCUT2D eigenvalue weighted by Crippen LogP contribution is 2.16. The topological polar surface area (TPSA) is 132 Å². The standard InChI is InChI=1S/C15H21N3O5.C5H12O/c1-15(2,3)23-14(20)22-11-6-4-10(5-7-11)8-12(17-9-19)13(16)18-21;1-5(2,3)6-4/h4-7,9,12,21H,8H2,1-3H3,(H2,16,18)(H,17,19);1-4H3. The maximum absolute atomic E-state index is 11.6. The largest absolute Gasteiger partial charge is 0.514 e. The van der Waals surface area contributed by atoms with Crippen molar-refractivity contribution in [2.45, 2.75) is 65.2 Å². The van der Waals surface area contributed by atoms with Gasteiger partial charge >= 0.3 is 6.16 Å². The number of nitrogens with one attached hydrogen (secondary N) is 1. The van der Waals surface area contributed by atoms with Crippen molar-refractivity contribution in [3.63, 3.8) is 0 Å². The Morgan fingerprint density at radius 3 is 2.07 bits per heavy atom. The molecule has 0 fully saturated rings. The molecule has 1 rings (SSSR count). The third-order valence-electron chi connectivity index (χ3n) is 3.31. The zero-order valence-corrected chi connectivity index (χ0v) is 18.2. The molecule has 0 aliphatic rings. The van der Waals surface area contributed by atoms with Crippen molar-refractivity contribution in [1.82, 2.24) is 5.32 Å². The SMILES string of the molecule is CC(C)(C)OC(=O)Oc1ccc(CC(NC=O)/C(N)=N/O)cc1.COC(C)(C)C. The van der Waals surface area contributed by atoms with E-state index >= 15 is 0 Å². The average molecular weight is 411 g/mol. The van der Waals surface area contributed by atoms with E-state index in [2.05, 4.69) is 10.5 Å². The minimum absolute atomic E-state index is 0.0417. The molecule has 0 bridgehead atoms. The predicted octanol–water partition coefficient (Wildman–Crippen LogP) is 2.84. The van der Waals surface area contributed by atoms with Crippen molar-refractivity contribution in [3.05, 3.63) is 29.8 Å². The molecule has 0 spiro atoms. The first-order chi connectivity index (χ1) is 13.3. The summed E-state index contributed by atoms with van der Waals surface area (Å²) in [6.45, 7) is 11.3. The minimum atomic E-state index is -0.789. The first kappa shape index (κ1) is 26.2. The summed E-state index contributed by atoms with van der Waals surface area (Å²) in [6, 6.07) is 5.94. The molecule has 1 amide bonds. The molecule has 9 nitrogen and oxygen atoms in total. The Morgan fingerprint density at radius 1 is 1.17 bits per heavy atom. The van der Waals surface area contributed by atoms with Gasteiger partial charge in [0.1, 0.15) is 11.4 Å². The third-order valence-corrected chi connectivity index (χ3v) is 3.31.